The Kier molecular flexibility index (Phi) is 7.44. The second-order valence-corrected chi connectivity index (χ2v) is 9.74. The van der Waals surface area contributed by atoms with E-state index in [0.29, 0.717) is 36.0 Å². The van der Waals surface area contributed by atoms with Crippen LogP contribution in [-0.4, -0.2) is 34.0 Å². The van der Waals surface area contributed by atoms with Crippen LogP contribution in [0.3, 0.4) is 0 Å². The fraction of sp³-hybridized carbons (Fsp3) is 0.273. The van der Waals surface area contributed by atoms with Gasteiger partial charge in [0.15, 0.2) is 5.13 Å². The number of amides is 1. The van der Waals surface area contributed by atoms with Crippen molar-refractivity contribution in [2.24, 2.45) is 5.73 Å². The fourth-order valence-electron chi connectivity index (χ4n) is 3.25. The molecule has 0 saturated heterocycles. The van der Waals surface area contributed by atoms with E-state index >= 15 is 0 Å². The van der Waals surface area contributed by atoms with E-state index in [0.717, 1.165) is 31.4 Å². The number of anilines is 1. The van der Waals surface area contributed by atoms with Gasteiger partial charge in [0.1, 0.15) is 5.01 Å². The molecule has 0 fully saturated rings. The van der Waals surface area contributed by atoms with Crippen molar-refractivity contribution in [3.8, 4) is 9.88 Å². The molecule has 4 aromatic rings. The second-order valence-electron chi connectivity index (χ2n) is 7.27. The van der Waals surface area contributed by atoms with E-state index in [1.807, 2.05) is 30.3 Å². The third-order valence-corrected chi connectivity index (χ3v) is 7.15. The highest BCUT2D eigenvalue weighted by molar-refractivity contribution is 7.26. The number of hydrogen-bond donors (Lipinski definition) is 2. The average Bonchev–Trinajstić information content (AvgIpc) is 3.36. The van der Waals surface area contributed by atoms with Crippen molar-refractivity contribution < 1.29 is 9.53 Å². The zero-order chi connectivity index (χ0) is 22.5. The summed E-state index contributed by atoms with van der Waals surface area (Å²) in [6, 6.07) is 9.35. The number of methoxy groups -OCH3 is 1. The standard InChI is InChI=1S/C22H22ClN5O2S2/c1-30-12-17-20(21-26-16-7-8-25-11-18(16)31-21)32-22(27-17)28-19(29)6-5-15(24)10-13-3-2-4-14(23)9-13/h2-4,7-9,11,15H,5-6,10,12,24H2,1H3,(H,27,28,29)/t15-/m0/s1. The molecule has 7 nitrogen and oxygen atoms in total. The minimum absolute atomic E-state index is 0.121. The van der Waals surface area contributed by atoms with E-state index in [4.69, 9.17) is 22.1 Å². The maximum absolute atomic E-state index is 12.5. The van der Waals surface area contributed by atoms with Crippen LogP contribution in [0.15, 0.2) is 42.7 Å². The lowest BCUT2D eigenvalue weighted by molar-refractivity contribution is -0.116. The molecule has 1 amide bonds. The maximum atomic E-state index is 12.5. The summed E-state index contributed by atoms with van der Waals surface area (Å²) in [6.07, 6.45) is 5.05. The molecule has 0 saturated carbocycles. The van der Waals surface area contributed by atoms with Crippen LogP contribution < -0.4 is 11.1 Å². The van der Waals surface area contributed by atoms with Gasteiger partial charge in [-0.05, 0) is 36.6 Å². The number of carbonyl (C=O) groups is 1. The number of nitrogens with two attached hydrogens (primary N) is 1. The van der Waals surface area contributed by atoms with Gasteiger partial charge in [-0.15, -0.1) is 11.3 Å². The highest BCUT2D eigenvalue weighted by Gasteiger charge is 2.18. The van der Waals surface area contributed by atoms with E-state index in [1.54, 1.807) is 30.8 Å². The molecule has 0 aliphatic heterocycles. The Bertz CT molecular complexity index is 1190. The number of carbonyl (C=O) groups excluding carboxylic acids is 1. The molecule has 4 rings (SSSR count). The number of nitrogens with one attached hydrogen (secondary N) is 1. The lowest BCUT2D eigenvalue weighted by atomic mass is 10.0. The number of halogens is 1. The summed E-state index contributed by atoms with van der Waals surface area (Å²) in [5.74, 6) is -0.121. The lowest BCUT2D eigenvalue weighted by Gasteiger charge is -2.11. The zero-order valence-corrected chi connectivity index (χ0v) is 19.8. The van der Waals surface area contributed by atoms with Crippen molar-refractivity contribution in [2.75, 3.05) is 12.4 Å². The first-order valence-electron chi connectivity index (χ1n) is 10.0. The van der Waals surface area contributed by atoms with Gasteiger partial charge in [-0.2, -0.15) is 0 Å². The number of aromatic nitrogens is 3. The molecule has 0 aliphatic rings. The molecule has 3 heterocycles. The van der Waals surface area contributed by atoms with Crippen molar-refractivity contribution in [3.63, 3.8) is 0 Å². The van der Waals surface area contributed by atoms with E-state index in [2.05, 4.69) is 20.3 Å². The topological polar surface area (TPSA) is 103 Å². The van der Waals surface area contributed by atoms with Crippen molar-refractivity contribution in [3.05, 3.63) is 59.0 Å². The number of rotatable bonds is 9. The SMILES string of the molecule is COCc1nc(NC(=O)CC[C@H](N)Cc2cccc(Cl)c2)sc1-c1nc2ccncc2s1. The average molecular weight is 488 g/mol. The molecule has 1 aromatic carbocycles. The normalized spacial score (nSPS) is 12.2. The third kappa shape index (κ3) is 5.67. The minimum atomic E-state index is -0.133. The number of benzene rings is 1. The maximum Gasteiger partial charge on any atom is 0.226 e. The van der Waals surface area contributed by atoms with Crippen LogP contribution in [0.2, 0.25) is 5.02 Å². The molecular weight excluding hydrogens is 466 g/mol. The summed E-state index contributed by atoms with van der Waals surface area (Å²) in [5, 5.41) is 4.94. The second kappa shape index (κ2) is 10.5. The Balaban J connectivity index is 1.40. The third-order valence-electron chi connectivity index (χ3n) is 4.74. The monoisotopic (exact) mass is 487 g/mol. The van der Waals surface area contributed by atoms with Gasteiger partial charge in [0.2, 0.25) is 5.91 Å². The number of thiazole rings is 2. The van der Waals surface area contributed by atoms with Crippen LogP contribution >= 0.6 is 34.3 Å². The van der Waals surface area contributed by atoms with E-state index in [-0.39, 0.29) is 11.9 Å². The molecule has 0 radical (unpaired) electrons. The predicted molar refractivity (Wildman–Crippen MR) is 130 cm³/mol. The molecule has 32 heavy (non-hydrogen) atoms. The quantitative estimate of drug-likeness (QED) is 0.348. The Labute approximate surface area is 198 Å². The summed E-state index contributed by atoms with van der Waals surface area (Å²) in [6.45, 7) is 0.334. The Morgan fingerprint density at radius 1 is 1.28 bits per heavy atom. The summed E-state index contributed by atoms with van der Waals surface area (Å²) in [7, 11) is 1.62. The van der Waals surface area contributed by atoms with Gasteiger partial charge in [0.05, 0.1) is 27.4 Å². The van der Waals surface area contributed by atoms with Crippen molar-refractivity contribution >= 4 is 55.5 Å². The molecule has 10 heteroatoms. The highest BCUT2D eigenvalue weighted by Crippen LogP contribution is 2.38. The van der Waals surface area contributed by atoms with Gasteiger partial charge in [-0.25, -0.2) is 9.97 Å². The first-order valence-corrected chi connectivity index (χ1v) is 12.0. The molecular formula is C22H22ClN5O2S2. The fourth-order valence-corrected chi connectivity index (χ4v) is 5.48. The van der Waals surface area contributed by atoms with Crippen molar-refractivity contribution in [2.45, 2.75) is 31.9 Å². The van der Waals surface area contributed by atoms with Crippen LogP contribution in [-0.2, 0) is 22.6 Å². The summed E-state index contributed by atoms with van der Waals surface area (Å²) in [4.78, 5) is 26.8. The summed E-state index contributed by atoms with van der Waals surface area (Å²) in [5.41, 5.74) is 8.91. The summed E-state index contributed by atoms with van der Waals surface area (Å²) < 4.78 is 6.30. The van der Waals surface area contributed by atoms with Gasteiger partial charge < -0.3 is 15.8 Å². The van der Waals surface area contributed by atoms with E-state index in [1.165, 1.54) is 11.3 Å². The molecule has 0 aliphatic carbocycles. The number of fused-ring (bicyclic) bond motifs is 1. The van der Waals surface area contributed by atoms with Gasteiger partial charge in [-0.1, -0.05) is 35.1 Å². The Morgan fingerprint density at radius 3 is 2.94 bits per heavy atom. The lowest BCUT2D eigenvalue weighted by Crippen LogP contribution is -2.25. The number of hydrogen-bond acceptors (Lipinski definition) is 8. The zero-order valence-electron chi connectivity index (χ0n) is 17.4. The highest BCUT2D eigenvalue weighted by atomic mass is 35.5. The molecule has 0 bridgehead atoms. The van der Waals surface area contributed by atoms with Crippen molar-refractivity contribution in [1.29, 1.82) is 0 Å². The van der Waals surface area contributed by atoms with Crippen LogP contribution in [0, 0.1) is 0 Å². The Morgan fingerprint density at radius 2 is 2.16 bits per heavy atom. The van der Waals surface area contributed by atoms with Gasteiger partial charge in [-0.3, -0.25) is 9.78 Å². The van der Waals surface area contributed by atoms with Crippen molar-refractivity contribution in [1.82, 2.24) is 15.0 Å². The summed E-state index contributed by atoms with van der Waals surface area (Å²) >= 11 is 8.96. The van der Waals surface area contributed by atoms with Gasteiger partial charge in [0.25, 0.3) is 0 Å². The number of pyridine rings is 1. The molecule has 3 aromatic heterocycles. The van der Waals surface area contributed by atoms with Gasteiger partial charge in [0, 0.05) is 37.0 Å². The molecule has 0 spiro atoms. The number of ether oxygens (including phenoxy) is 1. The first kappa shape index (κ1) is 22.8. The molecule has 1 atom stereocenters. The van der Waals surface area contributed by atoms with E-state index in [9.17, 15) is 4.79 Å². The molecule has 3 N–H and O–H groups in total. The first-order chi connectivity index (χ1) is 15.5. The van der Waals surface area contributed by atoms with Gasteiger partial charge >= 0.3 is 0 Å². The molecule has 0 unspecified atom stereocenters. The van der Waals surface area contributed by atoms with Crippen LogP contribution in [0.25, 0.3) is 20.1 Å². The predicted octanol–water partition coefficient (Wildman–Crippen LogP) is 4.90. The van der Waals surface area contributed by atoms with Crippen LogP contribution in [0.5, 0.6) is 0 Å². The van der Waals surface area contributed by atoms with E-state index < -0.39 is 0 Å². The minimum Gasteiger partial charge on any atom is -0.378 e. The van der Waals surface area contributed by atoms with Crippen LogP contribution in [0.1, 0.15) is 24.1 Å². The largest absolute Gasteiger partial charge is 0.378 e. The van der Waals surface area contributed by atoms with Crippen LogP contribution in [0.4, 0.5) is 5.13 Å². The smallest absolute Gasteiger partial charge is 0.226 e. The molecule has 166 valence electrons. The number of nitrogens with zero attached hydrogens (tertiary/aromatic N) is 3. The Hall–Kier alpha value is -2.43.